The summed E-state index contributed by atoms with van der Waals surface area (Å²) in [6, 6.07) is 7.73. The number of ether oxygens (including phenoxy) is 1. The molecule has 1 atom stereocenters. The summed E-state index contributed by atoms with van der Waals surface area (Å²) in [5, 5.41) is 5.52. The van der Waals surface area contributed by atoms with Gasteiger partial charge in [0.25, 0.3) is 0 Å². The zero-order valence-corrected chi connectivity index (χ0v) is 11.9. The first-order chi connectivity index (χ1) is 10.7. The quantitative estimate of drug-likeness (QED) is 0.696. The Morgan fingerprint density at radius 3 is 2.68 bits per heavy atom. The highest BCUT2D eigenvalue weighted by Gasteiger charge is 2.24. The van der Waals surface area contributed by atoms with Gasteiger partial charge in [-0.2, -0.15) is 5.10 Å². The van der Waals surface area contributed by atoms with Crippen LogP contribution < -0.4 is 11.5 Å². The van der Waals surface area contributed by atoms with Crippen LogP contribution in [0.15, 0.2) is 30.6 Å². The maximum Gasteiger partial charge on any atom is 0.164 e. The third-order valence-electron chi connectivity index (χ3n) is 3.95. The summed E-state index contributed by atoms with van der Waals surface area (Å²) in [6.45, 7) is 1.38. The number of anilines is 2. The predicted octanol–water partition coefficient (Wildman–Crippen LogP) is 1.62. The standard InChI is InChI=1S/C15H16N6O/c16-10-3-1-9(2-4-10)13-12-14(17)18-8-19-15(12)21(20-13)11-5-6-22-7-11/h1-4,8,11H,5-7,16H2,(H2,17,18,19)/t11-/m1/s1. The number of hydrogen-bond donors (Lipinski definition) is 2. The van der Waals surface area contributed by atoms with E-state index in [4.69, 9.17) is 21.3 Å². The molecule has 22 heavy (non-hydrogen) atoms. The molecule has 4 N–H and O–H groups in total. The molecule has 0 radical (unpaired) electrons. The lowest BCUT2D eigenvalue weighted by molar-refractivity contribution is 0.185. The van der Waals surface area contributed by atoms with Gasteiger partial charge in [-0.1, -0.05) is 12.1 Å². The number of fused-ring (bicyclic) bond motifs is 1. The number of rotatable bonds is 2. The first-order valence-electron chi connectivity index (χ1n) is 7.16. The van der Waals surface area contributed by atoms with E-state index < -0.39 is 0 Å². The summed E-state index contributed by atoms with van der Waals surface area (Å²) in [5.41, 5.74) is 15.0. The lowest BCUT2D eigenvalue weighted by atomic mass is 10.1. The van der Waals surface area contributed by atoms with Crippen molar-refractivity contribution in [1.29, 1.82) is 0 Å². The molecule has 0 amide bonds. The van der Waals surface area contributed by atoms with E-state index in [0.29, 0.717) is 18.1 Å². The lowest BCUT2D eigenvalue weighted by Crippen LogP contribution is -2.11. The van der Waals surface area contributed by atoms with Crippen molar-refractivity contribution in [1.82, 2.24) is 19.7 Å². The highest BCUT2D eigenvalue weighted by Crippen LogP contribution is 2.33. The number of nitrogens with two attached hydrogens (primary N) is 2. The Kier molecular flexibility index (Phi) is 2.93. The van der Waals surface area contributed by atoms with Gasteiger partial charge in [0.2, 0.25) is 0 Å². The highest BCUT2D eigenvalue weighted by molar-refractivity contribution is 5.98. The van der Waals surface area contributed by atoms with E-state index >= 15 is 0 Å². The van der Waals surface area contributed by atoms with Crippen molar-refractivity contribution in [3.05, 3.63) is 30.6 Å². The number of aromatic nitrogens is 4. The Labute approximate surface area is 126 Å². The number of hydrogen-bond acceptors (Lipinski definition) is 6. The predicted molar refractivity (Wildman–Crippen MR) is 84.1 cm³/mol. The smallest absolute Gasteiger partial charge is 0.164 e. The van der Waals surface area contributed by atoms with Crippen molar-refractivity contribution in [2.75, 3.05) is 24.7 Å². The Balaban J connectivity index is 1.95. The molecule has 2 aromatic heterocycles. The van der Waals surface area contributed by atoms with E-state index in [1.165, 1.54) is 6.33 Å². The molecule has 112 valence electrons. The molecule has 4 rings (SSSR count). The molecule has 1 aliphatic rings. The Hall–Kier alpha value is -2.67. The fourth-order valence-corrected chi connectivity index (χ4v) is 2.81. The molecular formula is C15H16N6O. The normalized spacial score (nSPS) is 18.1. The van der Waals surface area contributed by atoms with Crippen molar-refractivity contribution in [2.24, 2.45) is 0 Å². The Morgan fingerprint density at radius 1 is 1.14 bits per heavy atom. The van der Waals surface area contributed by atoms with Crippen LogP contribution in [-0.2, 0) is 4.74 Å². The first-order valence-corrected chi connectivity index (χ1v) is 7.16. The van der Waals surface area contributed by atoms with Gasteiger partial charge in [0, 0.05) is 17.9 Å². The van der Waals surface area contributed by atoms with Crippen LogP contribution in [0.5, 0.6) is 0 Å². The SMILES string of the molecule is Nc1ccc(-c2nn([C@@H]3CCOC3)c3ncnc(N)c23)cc1. The van der Waals surface area contributed by atoms with Crippen LogP contribution in [0.25, 0.3) is 22.3 Å². The molecule has 0 unspecified atom stereocenters. The van der Waals surface area contributed by atoms with Gasteiger partial charge in [-0.15, -0.1) is 0 Å². The Morgan fingerprint density at radius 2 is 1.95 bits per heavy atom. The number of benzene rings is 1. The molecule has 3 aromatic rings. The van der Waals surface area contributed by atoms with E-state index in [9.17, 15) is 0 Å². The third kappa shape index (κ3) is 1.98. The molecule has 7 nitrogen and oxygen atoms in total. The molecule has 1 saturated heterocycles. The fourth-order valence-electron chi connectivity index (χ4n) is 2.81. The van der Waals surface area contributed by atoms with E-state index in [0.717, 1.165) is 35.3 Å². The van der Waals surface area contributed by atoms with Crippen molar-refractivity contribution in [2.45, 2.75) is 12.5 Å². The van der Waals surface area contributed by atoms with Gasteiger partial charge in [-0.05, 0) is 18.6 Å². The molecule has 0 bridgehead atoms. The van der Waals surface area contributed by atoms with E-state index in [-0.39, 0.29) is 6.04 Å². The Bertz CT molecular complexity index is 820. The zero-order valence-electron chi connectivity index (χ0n) is 11.9. The summed E-state index contributed by atoms with van der Waals surface area (Å²) in [7, 11) is 0. The van der Waals surface area contributed by atoms with Crippen LogP contribution in [0.3, 0.4) is 0 Å². The molecule has 7 heteroatoms. The fraction of sp³-hybridized carbons (Fsp3) is 0.267. The van der Waals surface area contributed by atoms with Gasteiger partial charge in [0.1, 0.15) is 17.8 Å². The second-order valence-corrected chi connectivity index (χ2v) is 5.39. The van der Waals surface area contributed by atoms with Crippen molar-refractivity contribution < 1.29 is 4.74 Å². The summed E-state index contributed by atoms with van der Waals surface area (Å²) in [6.07, 6.45) is 2.39. The van der Waals surface area contributed by atoms with Gasteiger partial charge in [-0.3, -0.25) is 0 Å². The summed E-state index contributed by atoms with van der Waals surface area (Å²) < 4.78 is 7.38. The second-order valence-electron chi connectivity index (χ2n) is 5.39. The molecule has 1 aromatic carbocycles. The van der Waals surface area contributed by atoms with Crippen LogP contribution >= 0.6 is 0 Å². The van der Waals surface area contributed by atoms with Crippen LogP contribution in [-0.4, -0.2) is 33.0 Å². The molecule has 0 aliphatic carbocycles. The van der Waals surface area contributed by atoms with Crippen molar-refractivity contribution in [3.8, 4) is 11.3 Å². The van der Waals surface area contributed by atoms with E-state index in [2.05, 4.69) is 9.97 Å². The maximum absolute atomic E-state index is 6.08. The largest absolute Gasteiger partial charge is 0.399 e. The van der Waals surface area contributed by atoms with Gasteiger partial charge >= 0.3 is 0 Å². The summed E-state index contributed by atoms with van der Waals surface area (Å²) in [4.78, 5) is 8.49. The molecule has 0 saturated carbocycles. The lowest BCUT2D eigenvalue weighted by Gasteiger charge is -2.08. The third-order valence-corrected chi connectivity index (χ3v) is 3.95. The van der Waals surface area contributed by atoms with E-state index in [1.807, 2.05) is 28.9 Å². The van der Waals surface area contributed by atoms with Crippen molar-refractivity contribution in [3.63, 3.8) is 0 Å². The van der Waals surface area contributed by atoms with E-state index in [1.54, 1.807) is 0 Å². The summed E-state index contributed by atoms with van der Waals surface area (Å²) >= 11 is 0. The minimum Gasteiger partial charge on any atom is -0.399 e. The van der Waals surface area contributed by atoms with Crippen LogP contribution in [0.4, 0.5) is 11.5 Å². The second kappa shape index (κ2) is 4.96. The molecule has 1 fully saturated rings. The van der Waals surface area contributed by atoms with Gasteiger partial charge in [0.15, 0.2) is 5.65 Å². The zero-order chi connectivity index (χ0) is 15.1. The van der Waals surface area contributed by atoms with Gasteiger partial charge < -0.3 is 16.2 Å². The van der Waals surface area contributed by atoms with Gasteiger partial charge in [-0.25, -0.2) is 14.6 Å². The molecular weight excluding hydrogens is 280 g/mol. The van der Waals surface area contributed by atoms with Crippen LogP contribution in [0, 0.1) is 0 Å². The number of nitrogens with zero attached hydrogens (tertiary/aromatic N) is 4. The summed E-state index contributed by atoms with van der Waals surface area (Å²) in [5.74, 6) is 0.432. The average molecular weight is 296 g/mol. The van der Waals surface area contributed by atoms with Crippen LogP contribution in [0.1, 0.15) is 12.5 Å². The maximum atomic E-state index is 6.08. The minimum atomic E-state index is 0.180. The van der Waals surface area contributed by atoms with Crippen LogP contribution in [0.2, 0.25) is 0 Å². The molecule has 3 heterocycles. The topological polar surface area (TPSA) is 105 Å². The first kappa shape index (κ1) is 13.0. The molecule has 0 spiro atoms. The molecule has 1 aliphatic heterocycles. The highest BCUT2D eigenvalue weighted by atomic mass is 16.5. The van der Waals surface area contributed by atoms with Crippen molar-refractivity contribution >= 4 is 22.5 Å². The average Bonchev–Trinajstić information content (AvgIpc) is 3.15. The number of nitrogen functional groups attached to an aromatic ring is 2. The monoisotopic (exact) mass is 296 g/mol. The minimum absolute atomic E-state index is 0.180. The van der Waals surface area contributed by atoms with Gasteiger partial charge in [0.05, 0.1) is 18.0 Å².